The molecule has 0 amide bonds. The maximum atomic E-state index is 14.1. The molecule has 4 aromatic rings. The maximum absolute atomic E-state index is 14.1. The molecule has 0 aliphatic carbocycles. The fourth-order valence-corrected chi connectivity index (χ4v) is 5.22. The summed E-state index contributed by atoms with van der Waals surface area (Å²) in [7, 11) is 0. The molecule has 9 heteroatoms. The minimum atomic E-state index is -0.547. The molecule has 0 spiro atoms. The van der Waals surface area contributed by atoms with E-state index >= 15 is 0 Å². The van der Waals surface area contributed by atoms with Crippen molar-refractivity contribution in [2.45, 2.75) is 37.2 Å². The van der Waals surface area contributed by atoms with Gasteiger partial charge in [0, 0.05) is 17.9 Å². The number of hydrogen-bond donors (Lipinski definition) is 1. The van der Waals surface area contributed by atoms with E-state index in [1.165, 1.54) is 23.4 Å². The van der Waals surface area contributed by atoms with Crippen molar-refractivity contribution in [2.24, 2.45) is 0 Å². The summed E-state index contributed by atoms with van der Waals surface area (Å²) in [6, 6.07) is 23.9. The Morgan fingerprint density at radius 2 is 1.79 bits per heavy atom. The van der Waals surface area contributed by atoms with Gasteiger partial charge in [-0.1, -0.05) is 72.4 Å². The monoisotopic (exact) mass is 544 g/mol. The fourth-order valence-electron chi connectivity index (χ4n) is 4.41. The number of aromatic nitrogens is 3. The van der Waals surface area contributed by atoms with Gasteiger partial charge in [-0.25, -0.2) is 13.9 Å². The summed E-state index contributed by atoms with van der Waals surface area (Å²) < 4.78 is 27.2. The number of esters is 1. The number of rotatable bonds is 10. The zero-order chi connectivity index (χ0) is 27.2. The summed E-state index contributed by atoms with van der Waals surface area (Å²) in [4.78, 5) is 17.7. The van der Waals surface area contributed by atoms with Crippen LogP contribution in [-0.2, 0) is 21.7 Å². The number of ether oxygens (including phenoxy) is 2. The van der Waals surface area contributed by atoms with Crippen LogP contribution in [0.15, 0.2) is 95.3 Å². The van der Waals surface area contributed by atoms with Gasteiger partial charge in [0.05, 0.1) is 18.8 Å². The second-order valence-electron chi connectivity index (χ2n) is 8.98. The minimum Gasteiger partial charge on any atom is -0.493 e. The predicted molar refractivity (Wildman–Crippen MR) is 149 cm³/mol. The highest BCUT2D eigenvalue weighted by atomic mass is 32.2. The second-order valence-corrected chi connectivity index (χ2v) is 9.92. The average Bonchev–Trinajstić information content (AvgIpc) is 3.35. The third kappa shape index (κ3) is 6.15. The van der Waals surface area contributed by atoms with Gasteiger partial charge in [0.25, 0.3) is 0 Å². The summed E-state index contributed by atoms with van der Waals surface area (Å²) in [6.07, 6.45) is 0.807. The molecule has 0 bridgehead atoms. The number of carbonyl (C=O) groups excluding carboxylic acids is 1. The standard InChI is InChI=1S/C30H29FN4O3S/c1-3-37-28(36)26-20(2)32-29-33-30(39-19-23-11-7-8-12-25(23)31)34-35(29)27(26)22-13-15-24(16-14-22)38-18-17-21-9-5-4-6-10-21/h4-16,27H,3,17-19H2,1-2H3,(H,32,33,34). The van der Waals surface area contributed by atoms with Gasteiger partial charge in [0.15, 0.2) is 0 Å². The van der Waals surface area contributed by atoms with Crippen molar-refractivity contribution < 1.29 is 18.7 Å². The van der Waals surface area contributed by atoms with Crippen molar-refractivity contribution in [1.29, 1.82) is 0 Å². The highest BCUT2D eigenvalue weighted by Crippen LogP contribution is 2.37. The predicted octanol–water partition coefficient (Wildman–Crippen LogP) is 6.18. The average molecular weight is 545 g/mol. The van der Waals surface area contributed by atoms with Crippen LogP contribution in [-0.4, -0.2) is 33.9 Å². The molecule has 0 radical (unpaired) electrons. The highest BCUT2D eigenvalue weighted by molar-refractivity contribution is 7.98. The largest absolute Gasteiger partial charge is 0.493 e. The van der Waals surface area contributed by atoms with E-state index in [4.69, 9.17) is 14.6 Å². The molecule has 1 aliphatic rings. The first kappa shape index (κ1) is 26.5. The van der Waals surface area contributed by atoms with E-state index in [9.17, 15) is 9.18 Å². The smallest absolute Gasteiger partial charge is 0.338 e. The molecule has 2 heterocycles. The lowest BCUT2D eigenvalue weighted by molar-refractivity contribution is -0.139. The van der Waals surface area contributed by atoms with Gasteiger partial charge in [-0.15, -0.1) is 5.10 Å². The zero-order valence-electron chi connectivity index (χ0n) is 21.8. The highest BCUT2D eigenvalue weighted by Gasteiger charge is 2.35. The number of benzene rings is 3. The van der Waals surface area contributed by atoms with Crippen LogP contribution in [0.25, 0.3) is 0 Å². The molecule has 1 aromatic heterocycles. The van der Waals surface area contributed by atoms with E-state index in [1.807, 2.05) is 49.4 Å². The summed E-state index contributed by atoms with van der Waals surface area (Å²) in [6.45, 7) is 4.41. The van der Waals surface area contributed by atoms with Gasteiger partial charge >= 0.3 is 5.97 Å². The van der Waals surface area contributed by atoms with Crippen molar-refractivity contribution in [3.05, 3.63) is 113 Å². The van der Waals surface area contributed by atoms with Crippen LogP contribution in [0.5, 0.6) is 5.75 Å². The van der Waals surface area contributed by atoms with Gasteiger partial charge in [-0.2, -0.15) is 4.98 Å². The Kier molecular flexibility index (Phi) is 8.27. The van der Waals surface area contributed by atoms with Crippen LogP contribution in [0.2, 0.25) is 0 Å². The molecular formula is C30H29FN4O3S. The Bertz CT molecular complexity index is 1470. The third-order valence-corrected chi connectivity index (χ3v) is 7.23. The zero-order valence-corrected chi connectivity index (χ0v) is 22.6. The van der Waals surface area contributed by atoms with Crippen molar-refractivity contribution >= 4 is 23.7 Å². The number of allylic oxidation sites excluding steroid dienone is 1. The lowest BCUT2D eigenvalue weighted by atomic mass is 9.96. The van der Waals surface area contributed by atoms with Gasteiger partial charge in [-0.05, 0) is 48.7 Å². The topological polar surface area (TPSA) is 78.3 Å². The van der Waals surface area contributed by atoms with Crippen LogP contribution in [0, 0.1) is 5.82 Å². The lowest BCUT2D eigenvalue weighted by Crippen LogP contribution is -2.29. The number of nitrogens with one attached hydrogen (secondary N) is 1. The number of hydrogen-bond acceptors (Lipinski definition) is 7. The molecule has 5 rings (SSSR count). The van der Waals surface area contributed by atoms with Crippen molar-refractivity contribution in [1.82, 2.24) is 14.8 Å². The molecular weight excluding hydrogens is 515 g/mol. The minimum absolute atomic E-state index is 0.254. The summed E-state index contributed by atoms with van der Waals surface area (Å²) >= 11 is 1.33. The van der Waals surface area contributed by atoms with E-state index in [0.717, 1.165) is 17.7 Å². The fraction of sp³-hybridized carbons (Fsp3) is 0.233. The van der Waals surface area contributed by atoms with Crippen LogP contribution in [0.4, 0.5) is 10.3 Å². The Balaban J connectivity index is 1.38. The number of halogens is 1. The molecule has 1 aliphatic heterocycles. The summed E-state index contributed by atoms with van der Waals surface area (Å²) in [5, 5.41) is 8.36. The van der Waals surface area contributed by atoms with E-state index in [1.54, 1.807) is 29.8 Å². The molecule has 200 valence electrons. The Morgan fingerprint density at radius 1 is 1.05 bits per heavy atom. The maximum Gasteiger partial charge on any atom is 0.338 e. The van der Waals surface area contributed by atoms with Crippen LogP contribution in [0.1, 0.15) is 36.6 Å². The molecule has 0 fully saturated rings. The van der Waals surface area contributed by atoms with E-state index < -0.39 is 12.0 Å². The van der Waals surface area contributed by atoms with Crippen molar-refractivity contribution in [3.8, 4) is 5.75 Å². The van der Waals surface area contributed by atoms with E-state index in [-0.39, 0.29) is 12.4 Å². The second kappa shape index (κ2) is 12.2. The summed E-state index contributed by atoms with van der Waals surface area (Å²) in [5.74, 6) is 0.940. The molecule has 0 saturated heterocycles. The number of carbonyl (C=O) groups is 1. The van der Waals surface area contributed by atoms with E-state index in [2.05, 4.69) is 22.4 Å². The lowest BCUT2D eigenvalue weighted by Gasteiger charge is -2.28. The molecule has 0 saturated carbocycles. The first-order valence-corrected chi connectivity index (χ1v) is 13.8. The van der Waals surface area contributed by atoms with Crippen molar-refractivity contribution in [3.63, 3.8) is 0 Å². The van der Waals surface area contributed by atoms with Gasteiger partial charge < -0.3 is 14.8 Å². The Labute approximate surface area is 231 Å². The molecule has 1 unspecified atom stereocenters. The van der Waals surface area contributed by atoms with Crippen LogP contribution >= 0.6 is 11.8 Å². The number of anilines is 1. The molecule has 7 nitrogen and oxygen atoms in total. The van der Waals surface area contributed by atoms with Crippen LogP contribution < -0.4 is 10.1 Å². The van der Waals surface area contributed by atoms with Gasteiger partial charge in [-0.3, -0.25) is 0 Å². The first-order valence-electron chi connectivity index (χ1n) is 12.8. The van der Waals surface area contributed by atoms with E-state index in [0.29, 0.717) is 40.3 Å². The van der Waals surface area contributed by atoms with Crippen molar-refractivity contribution in [2.75, 3.05) is 18.5 Å². The van der Waals surface area contributed by atoms with Gasteiger partial charge in [0.2, 0.25) is 11.1 Å². The third-order valence-electron chi connectivity index (χ3n) is 6.34. The normalized spacial score (nSPS) is 14.5. The first-order chi connectivity index (χ1) is 19.0. The molecule has 39 heavy (non-hydrogen) atoms. The Hall–Kier alpha value is -4.11. The van der Waals surface area contributed by atoms with Gasteiger partial charge in [0.1, 0.15) is 17.6 Å². The van der Waals surface area contributed by atoms with Crippen LogP contribution in [0.3, 0.4) is 0 Å². The Morgan fingerprint density at radius 3 is 2.54 bits per heavy atom. The molecule has 1 atom stereocenters. The molecule has 1 N–H and O–H groups in total. The quantitative estimate of drug-likeness (QED) is 0.189. The SMILES string of the molecule is CCOC(=O)C1=C(C)Nc2nc(SCc3ccccc3F)nn2C1c1ccc(OCCc2ccccc2)cc1. The molecule has 3 aromatic carbocycles. The number of fused-ring (bicyclic) bond motifs is 1. The number of nitrogens with zero attached hydrogens (tertiary/aromatic N) is 3. The number of thioether (sulfide) groups is 1. The summed E-state index contributed by atoms with van der Waals surface area (Å²) in [5.41, 5.74) is 3.73.